The molecular weight excluding hydrogens is 240 g/mol. The smallest absolute Gasteiger partial charge is 0.255 e. The number of aromatic nitrogens is 2. The summed E-state index contributed by atoms with van der Waals surface area (Å²) in [6, 6.07) is 1.49. The average molecular weight is 256 g/mol. The van der Waals surface area contributed by atoms with Gasteiger partial charge in [-0.2, -0.15) is 23.0 Å². The molecule has 1 atom stereocenters. The Morgan fingerprint density at radius 2 is 2.24 bits per heavy atom. The standard InChI is InChI=1S/C10H16N4O2S/c1-4-9-5-6-11-14(9)17(15,16)10-7-8(2)12-13(10)3/h6-7,9H,4-5H2,1-3H3. The molecule has 1 aromatic rings. The summed E-state index contributed by atoms with van der Waals surface area (Å²) in [6.07, 6.45) is 3.07. The molecule has 1 aliphatic heterocycles. The van der Waals surface area contributed by atoms with Crippen LogP contribution in [-0.4, -0.2) is 34.9 Å². The second-order valence-corrected chi connectivity index (χ2v) is 5.86. The van der Waals surface area contributed by atoms with E-state index in [0.717, 1.165) is 6.42 Å². The summed E-state index contributed by atoms with van der Waals surface area (Å²) in [6.45, 7) is 3.72. The summed E-state index contributed by atoms with van der Waals surface area (Å²) < 4.78 is 27.4. The van der Waals surface area contributed by atoms with Crippen molar-refractivity contribution in [3.05, 3.63) is 11.8 Å². The van der Waals surface area contributed by atoms with E-state index in [-0.39, 0.29) is 11.1 Å². The molecule has 0 spiro atoms. The first-order valence-electron chi connectivity index (χ1n) is 5.54. The number of aryl methyl sites for hydroxylation is 2. The molecule has 6 nitrogen and oxygen atoms in total. The first-order chi connectivity index (χ1) is 7.96. The zero-order valence-corrected chi connectivity index (χ0v) is 11.0. The molecule has 7 heteroatoms. The lowest BCUT2D eigenvalue weighted by Gasteiger charge is -2.21. The van der Waals surface area contributed by atoms with E-state index in [1.165, 1.54) is 9.10 Å². The SMILES string of the molecule is CCC1CC=NN1S(=O)(=O)c1cc(C)nn1C. The third kappa shape index (κ3) is 1.95. The first-order valence-corrected chi connectivity index (χ1v) is 6.98. The van der Waals surface area contributed by atoms with Crippen LogP contribution in [0, 0.1) is 6.92 Å². The van der Waals surface area contributed by atoms with Crippen LogP contribution in [0.2, 0.25) is 0 Å². The minimum atomic E-state index is -3.57. The van der Waals surface area contributed by atoms with E-state index in [0.29, 0.717) is 12.1 Å². The topological polar surface area (TPSA) is 67.6 Å². The fourth-order valence-electron chi connectivity index (χ4n) is 1.94. The predicted molar refractivity (Wildman–Crippen MR) is 64.2 cm³/mol. The van der Waals surface area contributed by atoms with E-state index in [4.69, 9.17) is 0 Å². The van der Waals surface area contributed by atoms with Gasteiger partial charge in [0.05, 0.1) is 11.7 Å². The number of rotatable bonds is 3. The normalized spacial score (nSPS) is 20.2. The summed E-state index contributed by atoms with van der Waals surface area (Å²) in [7, 11) is -1.95. The highest BCUT2D eigenvalue weighted by Gasteiger charge is 2.33. The minimum Gasteiger partial charge on any atom is -0.255 e. The maximum absolute atomic E-state index is 12.4. The van der Waals surface area contributed by atoms with E-state index < -0.39 is 10.0 Å². The van der Waals surface area contributed by atoms with Crippen molar-refractivity contribution in [2.24, 2.45) is 12.1 Å². The lowest BCUT2D eigenvalue weighted by molar-refractivity contribution is 0.352. The quantitative estimate of drug-likeness (QED) is 0.806. The van der Waals surface area contributed by atoms with Crippen LogP contribution < -0.4 is 0 Å². The largest absolute Gasteiger partial charge is 0.296 e. The van der Waals surface area contributed by atoms with Crippen molar-refractivity contribution in [1.29, 1.82) is 0 Å². The van der Waals surface area contributed by atoms with Crippen LogP contribution >= 0.6 is 0 Å². The average Bonchev–Trinajstić information content (AvgIpc) is 2.84. The number of hydrogen-bond donors (Lipinski definition) is 0. The maximum atomic E-state index is 12.4. The van der Waals surface area contributed by atoms with E-state index in [1.807, 2.05) is 6.92 Å². The molecule has 0 aliphatic carbocycles. The van der Waals surface area contributed by atoms with Gasteiger partial charge in [-0.15, -0.1) is 0 Å². The van der Waals surface area contributed by atoms with Crippen LogP contribution in [0.4, 0.5) is 0 Å². The summed E-state index contributed by atoms with van der Waals surface area (Å²) in [5.74, 6) is 0. The van der Waals surface area contributed by atoms with Crippen molar-refractivity contribution in [2.75, 3.05) is 0 Å². The molecule has 0 amide bonds. The van der Waals surface area contributed by atoms with Gasteiger partial charge in [0.1, 0.15) is 0 Å². The Labute approximate surface area is 101 Å². The maximum Gasteiger partial charge on any atom is 0.296 e. The highest BCUT2D eigenvalue weighted by molar-refractivity contribution is 7.89. The summed E-state index contributed by atoms with van der Waals surface area (Å²) in [5, 5.41) is 8.21. The Morgan fingerprint density at radius 1 is 1.53 bits per heavy atom. The highest BCUT2D eigenvalue weighted by Crippen LogP contribution is 2.24. The molecule has 1 aliphatic rings. The molecule has 94 valence electrons. The van der Waals surface area contributed by atoms with Crippen LogP contribution in [0.1, 0.15) is 25.5 Å². The Morgan fingerprint density at radius 3 is 2.76 bits per heavy atom. The molecule has 0 bridgehead atoms. The van der Waals surface area contributed by atoms with Gasteiger partial charge in [-0.3, -0.25) is 4.68 Å². The fourth-order valence-corrected chi connectivity index (χ4v) is 3.64. The Bertz CT molecular complexity index is 547. The summed E-state index contributed by atoms with van der Waals surface area (Å²) >= 11 is 0. The third-order valence-electron chi connectivity index (χ3n) is 2.83. The molecule has 2 rings (SSSR count). The second-order valence-electron chi connectivity index (χ2n) is 4.12. The van der Waals surface area contributed by atoms with Gasteiger partial charge in [-0.25, -0.2) is 0 Å². The van der Waals surface area contributed by atoms with Crippen LogP contribution in [0.5, 0.6) is 0 Å². The molecule has 0 saturated carbocycles. The molecule has 0 N–H and O–H groups in total. The first kappa shape index (κ1) is 12.1. The molecule has 0 saturated heterocycles. The van der Waals surface area contributed by atoms with E-state index in [2.05, 4.69) is 10.2 Å². The summed E-state index contributed by atoms with van der Waals surface area (Å²) in [4.78, 5) is 0. The molecule has 0 fully saturated rings. The van der Waals surface area contributed by atoms with Gasteiger partial charge in [0, 0.05) is 25.7 Å². The van der Waals surface area contributed by atoms with Gasteiger partial charge in [0.2, 0.25) is 0 Å². The van der Waals surface area contributed by atoms with Gasteiger partial charge in [-0.1, -0.05) is 6.92 Å². The molecular formula is C10H16N4O2S. The molecule has 1 aromatic heterocycles. The Hall–Kier alpha value is -1.37. The van der Waals surface area contributed by atoms with Crippen molar-refractivity contribution < 1.29 is 8.42 Å². The third-order valence-corrected chi connectivity index (χ3v) is 4.62. The Kier molecular flexibility index (Phi) is 2.94. The van der Waals surface area contributed by atoms with Crippen molar-refractivity contribution in [3.8, 4) is 0 Å². The zero-order chi connectivity index (χ0) is 12.6. The second kappa shape index (κ2) is 4.14. The lowest BCUT2D eigenvalue weighted by Crippen LogP contribution is -2.33. The van der Waals surface area contributed by atoms with Crippen molar-refractivity contribution in [3.63, 3.8) is 0 Å². The monoisotopic (exact) mass is 256 g/mol. The van der Waals surface area contributed by atoms with Gasteiger partial charge in [-0.05, 0) is 13.3 Å². The molecule has 0 aromatic carbocycles. The van der Waals surface area contributed by atoms with Crippen LogP contribution in [0.15, 0.2) is 16.2 Å². The Balaban J connectivity index is 2.43. The predicted octanol–water partition coefficient (Wildman–Crippen LogP) is 0.887. The van der Waals surface area contributed by atoms with Crippen molar-refractivity contribution >= 4 is 16.2 Å². The van der Waals surface area contributed by atoms with Gasteiger partial charge < -0.3 is 0 Å². The molecule has 17 heavy (non-hydrogen) atoms. The number of hydrazone groups is 1. The van der Waals surface area contributed by atoms with Gasteiger partial charge in [0.15, 0.2) is 5.03 Å². The summed E-state index contributed by atoms with van der Waals surface area (Å²) in [5.41, 5.74) is 0.683. The number of nitrogens with zero attached hydrogens (tertiary/aromatic N) is 4. The van der Waals surface area contributed by atoms with Gasteiger partial charge in [0.25, 0.3) is 10.0 Å². The fraction of sp³-hybridized carbons (Fsp3) is 0.600. The van der Waals surface area contributed by atoms with Crippen molar-refractivity contribution in [1.82, 2.24) is 14.2 Å². The molecule has 2 heterocycles. The van der Waals surface area contributed by atoms with E-state index in [9.17, 15) is 8.42 Å². The number of hydrogen-bond acceptors (Lipinski definition) is 4. The van der Waals surface area contributed by atoms with Gasteiger partial charge >= 0.3 is 0 Å². The highest BCUT2D eigenvalue weighted by atomic mass is 32.2. The molecule has 0 radical (unpaired) electrons. The van der Waals surface area contributed by atoms with Crippen molar-refractivity contribution in [2.45, 2.75) is 37.8 Å². The van der Waals surface area contributed by atoms with Crippen LogP contribution in [0.3, 0.4) is 0 Å². The van der Waals surface area contributed by atoms with E-state index in [1.54, 1.807) is 26.3 Å². The zero-order valence-electron chi connectivity index (χ0n) is 10.2. The minimum absolute atomic E-state index is 0.0739. The number of sulfonamides is 1. The van der Waals surface area contributed by atoms with Crippen LogP contribution in [0.25, 0.3) is 0 Å². The lowest BCUT2D eigenvalue weighted by atomic mass is 10.2. The van der Waals surface area contributed by atoms with E-state index >= 15 is 0 Å². The molecule has 1 unspecified atom stereocenters. The van der Waals surface area contributed by atoms with Crippen LogP contribution in [-0.2, 0) is 17.1 Å².